The van der Waals surface area contributed by atoms with Crippen molar-refractivity contribution >= 4 is 35.1 Å². The monoisotopic (exact) mass is 404 g/mol. The number of methoxy groups -OCH3 is 2. The van der Waals surface area contributed by atoms with Crippen molar-refractivity contribution in [3.8, 4) is 16.9 Å². The van der Waals surface area contributed by atoms with Crippen molar-refractivity contribution in [2.24, 2.45) is 0 Å². The van der Waals surface area contributed by atoms with Crippen LogP contribution in [0.2, 0.25) is 10.0 Å². The number of esters is 2. The summed E-state index contributed by atoms with van der Waals surface area (Å²) in [6.07, 6.45) is 0. The number of hydrogen-bond acceptors (Lipinski definition) is 5. The predicted octanol–water partition coefficient (Wildman–Crippen LogP) is 4.42. The van der Waals surface area contributed by atoms with Crippen LogP contribution in [0.3, 0.4) is 0 Å². The lowest BCUT2D eigenvalue weighted by molar-refractivity contribution is 0.0549. The normalized spacial score (nSPS) is 10.5. The van der Waals surface area contributed by atoms with Gasteiger partial charge in [-0.05, 0) is 24.3 Å². The maximum atomic E-state index is 12.5. The molecule has 0 aliphatic heterocycles. The molecule has 0 fully saturated rings. The molecule has 0 spiro atoms. The van der Waals surface area contributed by atoms with E-state index in [1.165, 1.54) is 18.9 Å². The first-order chi connectivity index (χ1) is 13.0. The minimum atomic E-state index is -0.724. The van der Waals surface area contributed by atoms with E-state index in [4.69, 9.17) is 32.7 Å². The van der Waals surface area contributed by atoms with Crippen LogP contribution in [0.25, 0.3) is 16.9 Å². The molecular weight excluding hydrogens is 391 g/mol. The zero-order valence-electron chi connectivity index (χ0n) is 14.4. The predicted molar refractivity (Wildman–Crippen MR) is 102 cm³/mol. The second-order valence-corrected chi connectivity index (χ2v) is 6.25. The van der Waals surface area contributed by atoms with Gasteiger partial charge in [-0.1, -0.05) is 47.5 Å². The minimum absolute atomic E-state index is 0.0217. The van der Waals surface area contributed by atoms with Crippen LogP contribution in [-0.2, 0) is 9.47 Å². The molecule has 0 radical (unpaired) electrons. The Labute approximate surface area is 165 Å². The highest BCUT2D eigenvalue weighted by atomic mass is 35.5. The molecule has 0 N–H and O–H groups in total. The van der Waals surface area contributed by atoms with Crippen LogP contribution >= 0.6 is 23.2 Å². The minimum Gasteiger partial charge on any atom is -0.465 e. The molecule has 138 valence electrons. The van der Waals surface area contributed by atoms with E-state index in [9.17, 15) is 9.59 Å². The summed E-state index contributed by atoms with van der Waals surface area (Å²) in [6.45, 7) is 0. The molecule has 3 aromatic rings. The summed E-state index contributed by atoms with van der Waals surface area (Å²) in [7, 11) is 2.45. The fourth-order valence-corrected chi connectivity index (χ4v) is 2.90. The third-order valence-corrected chi connectivity index (χ3v) is 4.59. The summed E-state index contributed by atoms with van der Waals surface area (Å²) in [5.41, 5.74) is 1.24. The van der Waals surface area contributed by atoms with Gasteiger partial charge < -0.3 is 9.47 Å². The Morgan fingerprint density at radius 3 is 2.19 bits per heavy atom. The van der Waals surface area contributed by atoms with E-state index < -0.39 is 11.9 Å². The number of carbonyl (C=O) groups is 2. The van der Waals surface area contributed by atoms with Gasteiger partial charge in [-0.3, -0.25) is 0 Å². The number of rotatable bonds is 4. The molecule has 0 atom stereocenters. The second kappa shape index (κ2) is 7.82. The van der Waals surface area contributed by atoms with E-state index in [1.54, 1.807) is 42.5 Å². The molecule has 0 amide bonds. The maximum absolute atomic E-state index is 12.5. The summed E-state index contributed by atoms with van der Waals surface area (Å²) in [4.78, 5) is 25.0. The van der Waals surface area contributed by atoms with Crippen molar-refractivity contribution in [3.63, 3.8) is 0 Å². The van der Waals surface area contributed by atoms with Crippen LogP contribution in [0.5, 0.6) is 0 Å². The van der Waals surface area contributed by atoms with Crippen LogP contribution in [0.15, 0.2) is 48.5 Å². The van der Waals surface area contributed by atoms with Crippen LogP contribution < -0.4 is 0 Å². The number of aromatic nitrogens is 2. The zero-order valence-corrected chi connectivity index (χ0v) is 15.9. The largest absolute Gasteiger partial charge is 0.465 e. The number of halogens is 2. The van der Waals surface area contributed by atoms with Crippen LogP contribution in [-0.4, -0.2) is 35.9 Å². The number of para-hydroxylation sites is 1. The van der Waals surface area contributed by atoms with Crippen molar-refractivity contribution < 1.29 is 19.1 Å². The number of ether oxygens (including phenoxy) is 2. The molecule has 3 rings (SSSR count). The fourth-order valence-electron chi connectivity index (χ4n) is 2.60. The summed E-state index contributed by atoms with van der Waals surface area (Å²) in [5.74, 6) is -1.45. The van der Waals surface area contributed by atoms with Gasteiger partial charge in [0.05, 0.1) is 30.0 Å². The van der Waals surface area contributed by atoms with E-state index in [-0.39, 0.29) is 17.0 Å². The van der Waals surface area contributed by atoms with Gasteiger partial charge >= 0.3 is 11.9 Å². The van der Waals surface area contributed by atoms with Gasteiger partial charge in [-0.15, -0.1) is 0 Å². The third-order valence-electron chi connectivity index (χ3n) is 3.85. The smallest absolute Gasteiger partial charge is 0.357 e. The molecule has 1 aromatic heterocycles. The summed E-state index contributed by atoms with van der Waals surface area (Å²) in [6, 6.07) is 13.7. The Hall–Kier alpha value is -2.83. The van der Waals surface area contributed by atoms with Gasteiger partial charge in [0.2, 0.25) is 0 Å². The standard InChI is InChI=1S/C19H14Cl2N2O4/c1-26-18(24)15-16(11-8-9-13(20)14(21)10-11)22-23(17(15)19(25)27-2)12-6-4-3-5-7-12/h3-10H,1-2H3. The van der Waals surface area contributed by atoms with Gasteiger partial charge in [-0.25, -0.2) is 14.3 Å². The molecule has 0 saturated carbocycles. The van der Waals surface area contributed by atoms with E-state index in [2.05, 4.69) is 5.10 Å². The number of benzene rings is 2. The van der Waals surface area contributed by atoms with Crippen LogP contribution in [0.4, 0.5) is 0 Å². The molecule has 0 unspecified atom stereocenters. The summed E-state index contributed by atoms with van der Waals surface area (Å²) in [5, 5.41) is 5.12. The average molecular weight is 405 g/mol. The molecule has 8 heteroatoms. The SMILES string of the molecule is COC(=O)c1c(-c2ccc(Cl)c(Cl)c2)nn(-c2ccccc2)c1C(=O)OC. The summed E-state index contributed by atoms with van der Waals surface area (Å²) >= 11 is 12.1. The van der Waals surface area contributed by atoms with Gasteiger partial charge in [0, 0.05) is 5.56 Å². The highest BCUT2D eigenvalue weighted by molar-refractivity contribution is 6.42. The lowest BCUT2D eigenvalue weighted by Gasteiger charge is -2.07. The van der Waals surface area contributed by atoms with Crippen molar-refractivity contribution in [1.29, 1.82) is 0 Å². The molecule has 0 bridgehead atoms. The molecule has 0 aliphatic rings. The third kappa shape index (κ3) is 3.54. The van der Waals surface area contributed by atoms with Crippen molar-refractivity contribution in [3.05, 3.63) is 69.8 Å². The highest BCUT2D eigenvalue weighted by Crippen LogP contribution is 2.32. The highest BCUT2D eigenvalue weighted by Gasteiger charge is 2.31. The molecule has 2 aromatic carbocycles. The lowest BCUT2D eigenvalue weighted by atomic mass is 10.1. The van der Waals surface area contributed by atoms with Crippen LogP contribution in [0, 0.1) is 0 Å². The van der Waals surface area contributed by atoms with Gasteiger partial charge in [-0.2, -0.15) is 5.10 Å². The lowest BCUT2D eigenvalue weighted by Crippen LogP contribution is -2.15. The molecule has 1 heterocycles. The quantitative estimate of drug-likeness (QED) is 0.601. The van der Waals surface area contributed by atoms with E-state index in [1.807, 2.05) is 6.07 Å². The first-order valence-electron chi connectivity index (χ1n) is 7.78. The Kier molecular flexibility index (Phi) is 5.48. The molecule has 27 heavy (non-hydrogen) atoms. The molecule has 0 aliphatic carbocycles. The first-order valence-corrected chi connectivity index (χ1v) is 8.54. The number of nitrogens with zero attached hydrogens (tertiary/aromatic N) is 2. The first kappa shape index (κ1) is 18.9. The number of hydrogen-bond donors (Lipinski definition) is 0. The van der Waals surface area contributed by atoms with Crippen molar-refractivity contribution in [1.82, 2.24) is 9.78 Å². The van der Waals surface area contributed by atoms with Crippen molar-refractivity contribution in [2.45, 2.75) is 0 Å². The van der Waals surface area contributed by atoms with Crippen molar-refractivity contribution in [2.75, 3.05) is 14.2 Å². The maximum Gasteiger partial charge on any atom is 0.357 e. The number of carbonyl (C=O) groups excluding carboxylic acids is 2. The second-order valence-electron chi connectivity index (χ2n) is 5.43. The van der Waals surface area contributed by atoms with Gasteiger partial charge in [0.25, 0.3) is 0 Å². The topological polar surface area (TPSA) is 70.4 Å². The Morgan fingerprint density at radius 2 is 1.59 bits per heavy atom. The van der Waals surface area contributed by atoms with Crippen LogP contribution in [0.1, 0.15) is 20.8 Å². The molecule has 0 saturated heterocycles. The Bertz CT molecular complexity index is 1020. The Morgan fingerprint density at radius 1 is 0.926 bits per heavy atom. The van der Waals surface area contributed by atoms with Gasteiger partial charge in [0.15, 0.2) is 5.69 Å². The van der Waals surface area contributed by atoms with Gasteiger partial charge in [0.1, 0.15) is 11.3 Å². The van der Waals surface area contributed by atoms with E-state index in [0.29, 0.717) is 21.3 Å². The summed E-state index contributed by atoms with van der Waals surface area (Å²) < 4.78 is 11.1. The molecular formula is C19H14Cl2N2O4. The van der Waals surface area contributed by atoms with E-state index in [0.717, 1.165) is 0 Å². The fraction of sp³-hybridized carbons (Fsp3) is 0.105. The average Bonchev–Trinajstić information content (AvgIpc) is 3.10. The van der Waals surface area contributed by atoms with E-state index >= 15 is 0 Å². The molecule has 6 nitrogen and oxygen atoms in total. The zero-order chi connectivity index (χ0) is 19.6. The Balaban J connectivity index is 2.36.